The molecule has 0 fully saturated rings. The first-order valence-corrected chi connectivity index (χ1v) is 9.25. The molecule has 0 aliphatic carbocycles. The second kappa shape index (κ2) is 9.51. The summed E-state index contributed by atoms with van der Waals surface area (Å²) in [5.41, 5.74) is 1.52. The van der Waals surface area contributed by atoms with Gasteiger partial charge in [0.1, 0.15) is 18.3 Å². The number of carbonyl (C=O) groups is 2. The Hall–Kier alpha value is -3.94. The van der Waals surface area contributed by atoms with Crippen molar-refractivity contribution in [3.63, 3.8) is 0 Å². The van der Waals surface area contributed by atoms with Crippen LogP contribution >= 0.6 is 0 Å². The first-order valence-electron chi connectivity index (χ1n) is 9.25. The Labute approximate surface area is 172 Å². The van der Waals surface area contributed by atoms with Crippen molar-refractivity contribution in [2.75, 3.05) is 7.11 Å². The van der Waals surface area contributed by atoms with E-state index in [0.29, 0.717) is 11.4 Å². The van der Waals surface area contributed by atoms with Gasteiger partial charge in [-0.05, 0) is 23.8 Å². The van der Waals surface area contributed by atoms with Crippen LogP contribution < -0.4 is 15.6 Å². The summed E-state index contributed by atoms with van der Waals surface area (Å²) in [6.45, 7) is -0.394. The Bertz CT molecular complexity index is 1100. The Morgan fingerprint density at radius 1 is 1.10 bits per heavy atom. The van der Waals surface area contributed by atoms with Crippen LogP contribution in [0.2, 0.25) is 0 Å². The molecule has 3 aromatic rings. The lowest BCUT2D eigenvalue weighted by atomic mass is 10.1. The normalized spacial score (nSPS) is 11.5. The second-order valence-corrected chi connectivity index (χ2v) is 6.59. The molecule has 3 rings (SSSR count). The number of nitrogens with one attached hydrogen (secondary N) is 1. The summed E-state index contributed by atoms with van der Waals surface area (Å²) in [5.74, 6) is -1.14. The van der Waals surface area contributed by atoms with Crippen LogP contribution in [0.15, 0.2) is 71.5 Å². The van der Waals surface area contributed by atoms with Crippen LogP contribution in [0.1, 0.15) is 5.56 Å². The summed E-state index contributed by atoms with van der Waals surface area (Å²) in [5, 5.41) is 16.1. The minimum absolute atomic E-state index is 0.133. The lowest BCUT2D eigenvalue weighted by molar-refractivity contribution is -0.141. The third kappa shape index (κ3) is 5.32. The second-order valence-electron chi connectivity index (χ2n) is 6.59. The molecule has 0 spiro atoms. The molecule has 1 amide bonds. The minimum atomic E-state index is -1.15. The lowest BCUT2D eigenvalue weighted by Gasteiger charge is -2.15. The van der Waals surface area contributed by atoms with Gasteiger partial charge in [-0.2, -0.15) is 5.10 Å². The zero-order chi connectivity index (χ0) is 21.5. The number of carboxylic acid groups (broad SMARTS) is 1. The zero-order valence-electron chi connectivity index (χ0n) is 16.3. The van der Waals surface area contributed by atoms with Crippen molar-refractivity contribution in [2.45, 2.75) is 19.0 Å². The number of rotatable bonds is 8. The molecule has 30 heavy (non-hydrogen) atoms. The van der Waals surface area contributed by atoms with Gasteiger partial charge in [0.05, 0.1) is 12.8 Å². The molecule has 1 heterocycles. The third-order valence-corrected chi connectivity index (χ3v) is 4.44. The molecule has 0 bridgehead atoms. The molecule has 0 saturated heterocycles. The average Bonchev–Trinajstić information content (AvgIpc) is 2.75. The van der Waals surface area contributed by atoms with Gasteiger partial charge in [0, 0.05) is 18.1 Å². The summed E-state index contributed by atoms with van der Waals surface area (Å²) >= 11 is 0. The fourth-order valence-corrected chi connectivity index (χ4v) is 2.92. The number of benzene rings is 2. The number of amides is 1. The van der Waals surface area contributed by atoms with Crippen LogP contribution in [-0.4, -0.2) is 39.9 Å². The van der Waals surface area contributed by atoms with Crippen LogP contribution in [-0.2, 0) is 22.6 Å². The van der Waals surface area contributed by atoms with E-state index in [1.54, 1.807) is 61.7 Å². The summed E-state index contributed by atoms with van der Waals surface area (Å²) in [6.07, 6.45) is 0.133. The Balaban J connectivity index is 1.75. The van der Waals surface area contributed by atoms with Crippen molar-refractivity contribution in [3.8, 4) is 17.0 Å². The van der Waals surface area contributed by atoms with Crippen LogP contribution in [0.3, 0.4) is 0 Å². The van der Waals surface area contributed by atoms with Gasteiger partial charge in [-0.15, -0.1) is 0 Å². The van der Waals surface area contributed by atoms with E-state index in [1.807, 2.05) is 6.07 Å². The molecule has 0 saturated carbocycles. The highest BCUT2D eigenvalue weighted by Gasteiger charge is 2.21. The summed E-state index contributed by atoms with van der Waals surface area (Å²) in [4.78, 5) is 36.1. The molecule has 2 N–H and O–H groups in total. The molecular formula is C22H21N3O5. The summed E-state index contributed by atoms with van der Waals surface area (Å²) in [6, 6.07) is 17.9. The van der Waals surface area contributed by atoms with Crippen molar-refractivity contribution >= 4 is 11.9 Å². The van der Waals surface area contributed by atoms with Gasteiger partial charge in [-0.1, -0.05) is 42.5 Å². The van der Waals surface area contributed by atoms with Crippen molar-refractivity contribution < 1.29 is 19.4 Å². The highest BCUT2D eigenvalue weighted by molar-refractivity contribution is 5.83. The molecule has 8 nitrogen and oxygen atoms in total. The van der Waals surface area contributed by atoms with Gasteiger partial charge in [0.25, 0.3) is 5.56 Å². The molecular weight excluding hydrogens is 386 g/mol. The summed E-state index contributed by atoms with van der Waals surface area (Å²) < 4.78 is 6.20. The van der Waals surface area contributed by atoms with Crippen LogP contribution in [0.5, 0.6) is 5.75 Å². The molecule has 2 aromatic carbocycles. The van der Waals surface area contributed by atoms with E-state index in [1.165, 1.54) is 6.07 Å². The van der Waals surface area contributed by atoms with E-state index in [4.69, 9.17) is 4.74 Å². The molecule has 8 heteroatoms. The first kappa shape index (κ1) is 20.8. The fourth-order valence-electron chi connectivity index (χ4n) is 2.92. The van der Waals surface area contributed by atoms with Gasteiger partial charge >= 0.3 is 5.97 Å². The number of hydrogen-bond donors (Lipinski definition) is 2. The number of carboxylic acids is 1. The maximum atomic E-state index is 12.4. The van der Waals surface area contributed by atoms with E-state index in [0.717, 1.165) is 15.8 Å². The molecule has 154 valence electrons. The smallest absolute Gasteiger partial charge is 0.326 e. The predicted molar refractivity (Wildman–Crippen MR) is 110 cm³/mol. The van der Waals surface area contributed by atoms with Crippen molar-refractivity contribution in [1.29, 1.82) is 0 Å². The highest BCUT2D eigenvalue weighted by atomic mass is 16.5. The predicted octanol–water partition coefficient (Wildman–Crippen LogP) is 1.73. The van der Waals surface area contributed by atoms with E-state index in [9.17, 15) is 19.5 Å². The number of nitrogens with zero attached hydrogens (tertiary/aromatic N) is 2. The van der Waals surface area contributed by atoms with E-state index in [2.05, 4.69) is 10.4 Å². The largest absolute Gasteiger partial charge is 0.497 e. The maximum Gasteiger partial charge on any atom is 0.326 e. The number of ether oxygens (including phenoxy) is 1. The van der Waals surface area contributed by atoms with Crippen molar-refractivity contribution in [1.82, 2.24) is 15.1 Å². The lowest BCUT2D eigenvalue weighted by Crippen LogP contribution is -2.44. The van der Waals surface area contributed by atoms with Gasteiger partial charge in [0.2, 0.25) is 5.91 Å². The molecule has 0 aliphatic rings. The first-order chi connectivity index (χ1) is 14.5. The van der Waals surface area contributed by atoms with Crippen molar-refractivity contribution in [2.24, 2.45) is 0 Å². The third-order valence-electron chi connectivity index (χ3n) is 4.44. The zero-order valence-corrected chi connectivity index (χ0v) is 16.3. The number of methoxy groups -OCH3 is 1. The van der Waals surface area contributed by atoms with Crippen molar-refractivity contribution in [3.05, 3.63) is 82.6 Å². The fraction of sp³-hybridized carbons (Fsp3) is 0.182. The Morgan fingerprint density at radius 2 is 1.87 bits per heavy atom. The molecule has 0 unspecified atom stereocenters. The highest BCUT2D eigenvalue weighted by Crippen LogP contribution is 2.21. The average molecular weight is 407 g/mol. The van der Waals surface area contributed by atoms with E-state index < -0.39 is 30.0 Å². The SMILES string of the molecule is COc1cccc(-c2ccc(=O)n(CC(=O)N[C@H](Cc3ccccc3)C(=O)O)n2)c1. The number of aromatic nitrogens is 2. The standard InChI is InChI=1S/C22H21N3O5/c1-30-17-9-5-8-16(13-17)18-10-11-21(27)25(24-18)14-20(26)23-19(22(28)29)12-15-6-3-2-4-7-15/h2-11,13,19H,12,14H2,1H3,(H,23,26)(H,28,29)/t19-/m1/s1. The molecule has 0 radical (unpaired) electrons. The Morgan fingerprint density at radius 3 is 2.57 bits per heavy atom. The monoisotopic (exact) mass is 407 g/mol. The molecule has 1 aromatic heterocycles. The van der Waals surface area contributed by atoms with Gasteiger partial charge in [0.15, 0.2) is 0 Å². The molecule has 0 aliphatic heterocycles. The van der Waals surface area contributed by atoms with Crippen LogP contribution in [0, 0.1) is 0 Å². The van der Waals surface area contributed by atoms with E-state index >= 15 is 0 Å². The molecule has 1 atom stereocenters. The maximum absolute atomic E-state index is 12.4. The number of carbonyl (C=O) groups excluding carboxylic acids is 1. The van der Waals surface area contributed by atoms with Crippen LogP contribution in [0.25, 0.3) is 11.3 Å². The number of aliphatic carboxylic acids is 1. The quantitative estimate of drug-likeness (QED) is 0.588. The van der Waals surface area contributed by atoms with Crippen LogP contribution in [0.4, 0.5) is 0 Å². The van der Waals surface area contributed by atoms with Gasteiger partial charge < -0.3 is 15.2 Å². The Kier molecular flexibility index (Phi) is 6.59. The number of hydrogen-bond acceptors (Lipinski definition) is 5. The topological polar surface area (TPSA) is 111 Å². The van der Waals surface area contributed by atoms with Gasteiger partial charge in [-0.25, -0.2) is 9.48 Å². The summed E-state index contributed by atoms with van der Waals surface area (Å²) in [7, 11) is 1.55. The van der Waals surface area contributed by atoms with Gasteiger partial charge in [-0.3, -0.25) is 9.59 Å². The minimum Gasteiger partial charge on any atom is -0.497 e. The van der Waals surface area contributed by atoms with E-state index in [-0.39, 0.29) is 6.42 Å².